The molecular weight excluding hydrogens is 364 g/mol. The first kappa shape index (κ1) is 17.9. The Kier molecular flexibility index (Phi) is 5.12. The summed E-state index contributed by atoms with van der Waals surface area (Å²) in [6.07, 6.45) is 1.51. The van der Waals surface area contributed by atoms with E-state index in [9.17, 15) is 13.2 Å². The molecule has 0 amide bonds. The quantitative estimate of drug-likeness (QED) is 0.819. The van der Waals surface area contributed by atoms with Crippen LogP contribution >= 0.6 is 11.6 Å². The van der Waals surface area contributed by atoms with Crippen LogP contribution in [0.4, 0.5) is 5.69 Å². The Morgan fingerprint density at radius 1 is 1.28 bits per heavy atom. The van der Waals surface area contributed by atoms with Crippen LogP contribution in [0, 0.1) is 5.92 Å². The van der Waals surface area contributed by atoms with E-state index in [0.29, 0.717) is 31.0 Å². The van der Waals surface area contributed by atoms with Crippen LogP contribution in [0.2, 0.25) is 5.02 Å². The number of nitrogens with one attached hydrogen (secondary N) is 1. The molecule has 9 heteroatoms. The second-order valence-electron chi connectivity index (χ2n) is 5.89. The van der Waals surface area contributed by atoms with Gasteiger partial charge in [0.2, 0.25) is 10.0 Å². The lowest BCUT2D eigenvalue weighted by atomic mass is 10.0. The Labute approximate surface area is 151 Å². The maximum atomic E-state index is 12.4. The highest BCUT2D eigenvalue weighted by molar-refractivity contribution is 7.89. The van der Waals surface area contributed by atoms with E-state index in [2.05, 4.69) is 10.4 Å². The largest absolute Gasteiger partial charge is 0.382 e. The van der Waals surface area contributed by atoms with Crippen LogP contribution in [-0.4, -0.2) is 47.9 Å². The molecule has 1 N–H and O–H groups in total. The molecule has 0 unspecified atom stereocenters. The zero-order valence-electron chi connectivity index (χ0n) is 13.7. The topological polar surface area (TPSA) is 84.3 Å². The third-order valence-corrected chi connectivity index (χ3v) is 6.36. The SMILES string of the molecule is CCS(=O)(=O)N1CC(CNc2cnn(-c3ccccc3)c(=O)c2Cl)C1. The highest BCUT2D eigenvalue weighted by Crippen LogP contribution is 2.22. The molecule has 2 heterocycles. The molecule has 1 aromatic heterocycles. The molecule has 0 aliphatic carbocycles. The number of rotatable bonds is 6. The van der Waals surface area contributed by atoms with Gasteiger partial charge in [-0.15, -0.1) is 0 Å². The van der Waals surface area contributed by atoms with Gasteiger partial charge in [0, 0.05) is 25.6 Å². The second-order valence-corrected chi connectivity index (χ2v) is 8.52. The first-order chi connectivity index (χ1) is 11.9. The van der Waals surface area contributed by atoms with Crippen molar-refractivity contribution in [3.8, 4) is 5.69 Å². The summed E-state index contributed by atoms with van der Waals surface area (Å²) in [7, 11) is -3.11. The van der Waals surface area contributed by atoms with Crippen molar-refractivity contribution in [2.75, 3.05) is 30.7 Å². The number of hydrogen-bond acceptors (Lipinski definition) is 5. The Morgan fingerprint density at radius 2 is 1.96 bits per heavy atom. The number of halogens is 1. The number of para-hydroxylation sites is 1. The number of hydrogen-bond donors (Lipinski definition) is 1. The lowest BCUT2D eigenvalue weighted by Crippen LogP contribution is -2.52. The Bertz CT molecular complexity index is 909. The summed E-state index contributed by atoms with van der Waals surface area (Å²) in [4.78, 5) is 12.4. The van der Waals surface area contributed by atoms with Crippen molar-refractivity contribution < 1.29 is 8.42 Å². The van der Waals surface area contributed by atoms with E-state index in [1.54, 1.807) is 19.1 Å². The molecule has 0 bridgehead atoms. The van der Waals surface area contributed by atoms with Gasteiger partial charge in [-0.25, -0.2) is 12.7 Å². The normalized spacial score (nSPS) is 15.8. The third-order valence-electron chi connectivity index (χ3n) is 4.18. The summed E-state index contributed by atoms with van der Waals surface area (Å²) < 4.78 is 26.1. The van der Waals surface area contributed by atoms with E-state index in [1.807, 2.05) is 18.2 Å². The van der Waals surface area contributed by atoms with Gasteiger partial charge in [0.05, 0.1) is 23.3 Å². The molecule has 0 saturated carbocycles. The van der Waals surface area contributed by atoms with E-state index >= 15 is 0 Å². The molecule has 1 aliphatic heterocycles. The predicted octanol–water partition coefficient (Wildman–Crippen LogP) is 1.58. The molecule has 3 rings (SSSR count). The van der Waals surface area contributed by atoms with Crippen LogP contribution in [0.1, 0.15) is 6.92 Å². The van der Waals surface area contributed by atoms with Crippen molar-refractivity contribution in [2.45, 2.75) is 6.92 Å². The lowest BCUT2D eigenvalue weighted by Gasteiger charge is -2.38. The number of sulfonamides is 1. The molecule has 1 aliphatic rings. The van der Waals surface area contributed by atoms with Gasteiger partial charge in [-0.05, 0) is 19.1 Å². The molecule has 134 valence electrons. The number of nitrogens with zero attached hydrogens (tertiary/aromatic N) is 3. The molecule has 25 heavy (non-hydrogen) atoms. The van der Waals surface area contributed by atoms with Crippen molar-refractivity contribution in [1.29, 1.82) is 0 Å². The molecule has 2 aromatic rings. The van der Waals surface area contributed by atoms with Gasteiger partial charge in [-0.3, -0.25) is 4.79 Å². The summed E-state index contributed by atoms with van der Waals surface area (Å²) >= 11 is 6.17. The van der Waals surface area contributed by atoms with Gasteiger partial charge in [-0.1, -0.05) is 29.8 Å². The van der Waals surface area contributed by atoms with Crippen molar-refractivity contribution in [1.82, 2.24) is 14.1 Å². The molecule has 1 fully saturated rings. The molecular formula is C16H19ClN4O3S. The van der Waals surface area contributed by atoms with Gasteiger partial charge in [-0.2, -0.15) is 9.78 Å². The van der Waals surface area contributed by atoms with Crippen LogP contribution in [-0.2, 0) is 10.0 Å². The monoisotopic (exact) mass is 382 g/mol. The molecule has 7 nitrogen and oxygen atoms in total. The van der Waals surface area contributed by atoms with Crippen molar-refractivity contribution in [3.05, 3.63) is 51.9 Å². The number of anilines is 1. The fourth-order valence-electron chi connectivity index (χ4n) is 2.62. The highest BCUT2D eigenvalue weighted by Gasteiger charge is 2.34. The Morgan fingerprint density at radius 3 is 2.60 bits per heavy atom. The maximum absolute atomic E-state index is 12.4. The van der Waals surface area contributed by atoms with E-state index in [1.165, 1.54) is 15.2 Å². The Balaban J connectivity index is 1.65. The summed E-state index contributed by atoms with van der Waals surface area (Å²) in [5.74, 6) is 0.301. The molecule has 0 radical (unpaired) electrons. The number of aromatic nitrogens is 2. The van der Waals surface area contributed by atoms with Crippen LogP contribution in [0.15, 0.2) is 41.3 Å². The lowest BCUT2D eigenvalue weighted by molar-refractivity contribution is 0.212. The van der Waals surface area contributed by atoms with Gasteiger partial charge >= 0.3 is 0 Å². The average molecular weight is 383 g/mol. The molecule has 1 aromatic carbocycles. The zero-order chi connectivity index (χ0) is 18.0. The standard InChI is InChI=1S/C16H19ClN4O3S/c1-2-25(23,24)20-10-12(11-20)8-18-14-9-19-21(16(22)15(14)17)13-6-4-3-5-7-13/h3-7,9,12,18H,2,8,10-11H2,1H3. The second kappa shape index (κ2) is 7.15. The minimum atomic E-state index is -3.11. The first-order valence-electron chi connectivity index (χ1n) is 7.97. The van der Waals surface area contributed by atoms with Gasteiger partial charge in [0.1, 0.15) is 5.02 Å². The van der Waals surface area contributed by atoms with Crippen LogP contribution in [0.3, 0.4) is 0 Å². The minimum Gasteiger partial charge on any atom is -0.382 e. The average Bonchev–Trinajstić information content (AvgIpc) is 2.57. The summed E-state index contributed by atoms with van der Waals surface area (Å²) in [5, 5.41) is 7.31. The Hall–Kier alpha value is -1.90. The van der Waals surface area contributed by atoms with Gasteiger partial charge in [0.25, 0.3) is 5.56 Å². The third kappa shape index (κ3) is 3.70. The van der Waals surface area contributed by atoms with Crippen LogP contribution in [0.5, 0.6) is 0 Å². The number of benzene rings is 1. The summed E-state index contributed by atoms with van der Waals surface area (Å²) in [5.41, 5.74) is 0.692. The van der Waals surface area contributed by atoms with Crippen LogP contribution < -0.4 is 10.9 Å². The van der Waals surface area contributed by atoms with E-state index in [4.69, 9.17) is 11.6 Å². The first-order valence-corrected chi connectivity index (χ1v) is 9.96. The maximum Gasteiger partial charge on any atom is 0.292 e. The van der Waals surface area contributed by atoms with E-state index < -0.39 is 15.6 Å². The van der Waals surface area contributed by atoms with Crippen molar-refractivity contribution in [3.63, 3.8) is 0 Å². The van der Waals surface area contributed by atoms with E-state index in [-0.39, 0.29) is 16.7 Å². The molecule has 0 spiro atoms. The van der Waals surface area contributed by atoms with Crippen LogP contribution in [0.25, 0.3) is 5.69 Å². The van der Waals surface area contributed by atoms with Crippen molar-refractivity contribution >= 4 is 27.3 Å². The fourth-order valence-corrected chi connectivity index (χ4v) is 4.06. The fraction of sp³-hybridized carbons (Fsp3) is 0.375. The van der Waals surface area contributed by atoms with Crippen molar-refractivity contribution in [2.24, 2.45) is 5.92 Å². The zero-order valence-corrected chi connectivity index (χ0v) is 15.3. The summed E-state index contributed by atoms with van der Waals surface area (Å²) in [6, 6.07) is 9.03. The van der Waals surface area contributed by atoms with Gasteiger partial charge in [0.15, 0.2) is 0 Å². The minimum absolute atomic E-state index is 0.0659. The summed E-state index contributed by atoms with van der Waals surface area (Å²) in [6.45, 7) is 3.13. The molecule has 1 saturated heterocycles. The predicted molar refractivity (Wildman–Crippen MR) is 97.9 cm³/mol. The van der Waals surface area contributed by atoms with E-state index in [0.717, 1.165) is 0 Å². The van der Waals surface area contributed by atoms with Gasteiger partial charge < -0.3 is 5.32 Å². The smallest absolute Gasteiger partial charge is 0.292 e. The highest BCUT2D eigenvalue weighted by atomic mass is 35.5. The molecule has 0 atom stereocenters.